The highest BCUT2D eigenvalue weighted by Gasteiger charge is 2.40. The lowest BCUT2D eigenvalue weighted by molar-refractivity contribution is -0.144. The van der Waals surface area contributed by atoms with Gasteiger partial charge in [-0.2, -0.15) is 18.3 Å². The second-order valence-corrected chi connectivity index (χ2v) is 5.61. The number of nitrogens with one attached hydrogen (secondary N) is 1. The normalized spacial score (nSPS) is 11.8. The Morgan fingerprint density at radius 2 is 1.92 bits per heavy atom. The largest absolute Gasteiger partial charge is 0.433 e. The van der Waals surface area contributed by atoms with E-state index in [2.05, 4.69) is 10.4 Å². The number of halogens is 3. The summed E-state index contributed by atoms with van der Waals surface area (Å²) in [4.78, 5) is 13.9. The van der Waals surface area contributed by atoms with Crippen LogP contribution in [-0.2, 0) is 12.7 Å². The fourth-order valence-corrected chi connectivity index (χ4v) is 2.22. The molecule has 0 atom stereocenters. The molecule has 0 saturated heterocycles. The maximum absolute atomic E-state index is 13.4. The smallest absolute Gasteiger partial charge is 0.351 e. The second kappa shape index (κ2) is 7.48. The van der Waals surface area contributed by atoms with Crippen molar-refractivity contribution in [3.63, 3.8) is 0 Å². The molecule has 0 radical (unpaired) electrons. The van der Waals surface area contributed by atoms with E-state index in [-0.39, 0.29) is 13.1 Å². The van der Waals surface area contributed by atoms with Crippen LogP contribution in [0, 0.1) is 0 Å². The minimum absolute atomic E-state index is 0.0549. The monoisotopic (exact) mass is 340 g/mol. The van der Waals surface area contributed by atoms with Gasteiger partial charge in [0.25, 0.3) is 5.91 Å². The van der Waals surface area contributed by atoms with E-state index < -0.39 is 23.3 Å². The molecule has 130 valence electrons. The molecule has 0 saturated carbocycles. The van der Waals surface area contributed by atoms with Crippen LogP contribution in [0.15, 0.2) is 36.5 Å². The first-order chi connectivity index (χ1) is 11.3. The third kappa shape index (κ3) is 4.58. The number of alkyl halides is 3. The number of hydrogen-bond donors (Lipinski definition) is 1. The van der Waals surface area contributed by atoms with Crippen molar-refractivity contribution >= 4 is 5.91 Å². The van der Waals surface area contributed by atoms with Gasteiger partial charge in [0.15, 0.2) is 5.69 Å². The molecule has 1 aromatic carbocycles. The predicted molar refractivity (Wildman–Crippen MR) is 83.7 cm³/mol. The van der Waals surface area contributed by atoms with Crippen molar-refractivity contribution < 1.29 is 18.0 Å². The zero-order valence-electron chi connectivity index (χ0n) is 13.5. The van der Waals surface area contributed by atoms with Crippen molar-refractivity contribution in [2.75, 3.05) is 27.2 Å². The first-order valence-electron chi connectivity index (χ1n) is 7.39. The number of amides is 1. The Hall–Kier alpha value is -2.35. The maximum Gasteiger partial charge on any atom is 0.433 e. The van der Waals surface area contributed by atoms with Crippen molar-refractivity contribution in [3.05, 3.63) is 53.3 Å². The van der Waals surface area contributed by atoms with Crippen LogP contribution >= 0.6 is 0 Å². The Labute approximate surface area is 138 Å². The van der Waals surface area contributed by atoms with Crippen LogP contribution in [0.1, 0.15) is 21.6 Å². The van der Waals surface area contributed by atoms with Gasteiger partial charge < -0.3 is 10.2 Å². The molecule has 0 aliphatic rings. The van der Waals surface area contributed by atoms with Crippen LogP contribution in [0.3, 0.4) is 0 Å². The van der Waals surface area contributed by atoms with E-state index in [9.17, 15) is 18.0 Å². The highest BCUT2D eigenvalue weighted by molar-refractivity contribution is 5.95. The zero-order chi connectivity index (χ0) is 17.7. The molecule has 0 aliphatic carbocycles. The van der Waals surface area contributed by atoms with Gasteiger partial charge >= 0.3 is 6.18 Å². The van der Waals surface area contributed by atoms with E-state index in [1.54, 1.807) is 30.3 Å². The fourth-order valence-electron chi connectivity index (χ4n) is 2.22. The molecule has 0 spiro atoms. The molecule has 1 aromatic heterocycles. The lowest BCUT2D eigenvalue weighted by Crippen LogP contribution is -2.32. The highest BCUT2D eigenvalue weighted by atomic mass is 19.4. The van der Waals surface area contributed by atoms with Gasteiger partial charge in [0, 0.05) is 13.1 Å². The summed E-state index contributed by atoms with van der Waals surface area (Å²) in [5.74, 6) is -0.775. The van der Waals surface area contributed by atoms with Crippen LogP contribution in [-0.4, -0.2) is 47.8 Å². The highest BCUT2D eigenvalue weighted by Crippen LogP contribution is 2.32. The quantitative estimate of drug-likeness (QED) is 0.877. The Bertz CT molecular complexity index is 680. The summed E-state index contributed by atoms with van der Waals surface area (Å²) in [5, 5.41) is 6.25. The van der Waals surface area contributed by atoms with Crippen LogP contribution in [0.2, 0.25) is 0 Å². The van der Waals surface area contributed by atoms with Gasteiger partial charge in [-0.1, -0.05) is 30.3 Å². The third-order valence-electron chi connectivity index (χ3n) is 3.37. The van der Waals surface area contributed by atoms with E-state index in [0.717, 1.165) is 10.9 Å². The van der Waals surface area contributed by atoms with Crippen molar-refractivity contribution in [2.24, 2.45) is 0 Å². The SMILES string of the molecule is CN(C)CCNC(=O)c1cnn(Cc2ccccc2)c1C(F)(F)F. The molecule has 2 rings (SSSR count). The van der Waals surface area contributed by atoms with Crippen molar-refractivity contribution in [2.45, 2.75) is 12.7 Å². The Morgan fingerprint density at radius 1 is 1.25 bits per heavy atom. The molecule has 1 amide bonds. The topological polar surface area (TPSA) is 50.2 Å². The van der Waals surface area contributed by atoms with E-state index in [0.29, 0.717) is 12.1 Å². The van der Waals surface area contributed by atoms with Crippen LogP contribution in [0.5, 0.6) is 0 Å². The lowest BCUT2D eigenvalue weighted by Gasteiger charge is -2.14. The third-order valence-corrected chi connectivity index (χ3v) is 3.37. The lowest BCUT2D eigenvalue weighted by atomic mass is 10.2. The molecule has 24 heavy (non-hydrogen) atoms. The summed E-state index contributed by atoms with van der Waals surface area (Å²) in [7, 11) is 3.62. The zero-order valence-corrected chi connectivity index (χ0v) is 13.5. The molecule has 0 fully saturated rings. The summed E-state index contributed by atoms with van der Waals surface area (Å²) in [6.07, 6.45) is -3.70. The number of hydrogen-bond acceptors (Lipinski definition) is 3. The van der Waals surface area contributed by atoms with Crippen LogP contribution in [0.4, 0.5) is 13.2 Å². The number of likely N-dealkylation sites (N-methyl/N-ethyl adjacent to an activating group) is 1. The molecule has 5 nitrogen and oxygen atoms in total. The molecule has 1 N–H and O–H groups in total. The van der Waals surface area contributed by atoms with Gasteiger partial charge in [-0.15, -0.1) is 0 Å². The van der Waals surface area contributed by atoms with Gasteiger partial charge in [0.1, 0.15) is 0 Å². The molecular formula is C16H19F3N4O. The molecule has 1 heterocycles. The second-order valence-electron chi connectivity index (χ2n) is 5.61. The van der Waals surface area contributed by atoms with Crippen molar-refractivity contribution in [1.82, 2.24) is 20.0 Å². The Kier molecular flexibility index (Phi) is 5.61. The van der Waals surface area contributed by atoms with Gasteiger partial charge in [-0.3, -0.25) is 9.48 Å². The van der Waals surface area contributed by atoms with Crippen LogP contribution in [0.25, 0.3) is 0 Å². The van der Waals surface area contributed by atoms with Crippen molar-refractivity contribution in [3.8, 4) is 0 Å². The molecule has 8 heteroatoms. The fraction of sp³-hybridized carbons (Fsp3) is 0.375. The van der Waals surface area contributed by atoms with E-state index in [4.69, 9.17) is 0 Å². The number of rotatable bonds is 6. The number of carbonyl (C=O) groups is 1. The standard InChI is InChI=1S/C16H19F3N4O/c1-22(2)9-8-20-15(24)13-10-21-23(14(13)16(17,18)19)11-12-6-4-3-5-7-12/h3-7,10H,8-9,11H2,1-2H3,(H,20,24). The van der Waals surface area contributed by atoms with E-state index >= 15 is 0 Å². The summed E-state index contributed by atoms with van der Waals surface area (Å²) >= 11 is 0. The average Bonchev–Trinajstić information content (AvgIpc) is 2.91. The Morgan fingerprint density at radius 3 is 2.50 bits per heavy atom. The van der Waals surface area contributed by atoms with E-state index in [1.165, 1.54) is 0 Å². The van der Waals surface area contributed by atoms with Gasteiger partial charge in [0.2, 0.25) is 0 Å². The molecule has 0 aliphatic heterocycles. The predicted octanol–water partition coefficient (Wildman–Crippen LogP) is 2.24. The summed E-state index contributed by atoms with van der Waals surface area (Å²) in [6, 6.07) is 8.67. The summed E-state index contributed by atoms with van der Waals surface area (Å²) in [5.41, 5.74) is -0.823. The van der Waals surface area contributed by atoms with Crippen LogP contribution < -0.4 is 5.32 Å². The average molecular weight is 340 g/mol. The molecular weight excluding hydrogens is 321 g/mol. The number of nitrogens with zero attached hydrogens (tertiary/aromatic N) is 3. The Balaban J connectivity index is 2.24. The van der Waals surface area contributed by atoms with Gasteiger partial charge in [-0.25, -0.2) is 0 Å². The molecule has 2 aromatic rings. The minimum Gasteiger partial charge on any atom is -0.351 e. The van der Waals surface area contributed by atoms with Crippen molar-refractivity contribution in [1.29, 1.82) is 0 Å². The molecule has 0 unspecified atom stereocenters. The van der Waals surface area contributed by atoms with Gasteiger partial charge in [0.05, 0.1) is 18.3 Å². The summed E-state index contributed by atoms with van der Waals surface area (Å²) < 4.78 is 41.0. The summed E-state index contributed by atoms with van der Waals surface area (Å²) in [6.45, 7) is 0.735. The molecule has 0 bridgehead atoms. The maximum atomic E-state index is 13.4. The first kappa shape index (κ1) is 18.0. The number of aromatic nitrogens is 2. The van der Waals surface area contributed by atoms with Gasteiger partial charge in [-0.05, 0) is 19.7 Å². The first-order valence-corrected chi connectivity index (χ1v) is 7.39. The van der Waals surface area contributed by atoms with E-state index in [1.807, 2.05) is 19.0 Å². The minimum atomic E-state index is -4.67. The number of benzene rings is 1. The number of carbonyl (C=O) groups excluding carboxylic acids is 1.